The molecule has 1 aliphatic rings. The molecule has 1 rings (SSSR count). The molecule has 9 heteroatoms. The molecule has 0 aromatic heterocycles. The van der Waals surface area contributed by atoms with Crippen LogP contribution in [0.25, 0.3) is 0 Å². The zero-order chi connectivity index (χ0) is 14.6. The summed E-state index contributed by atoms with van der Waals surface area (Å²) in [6.45, 7) is 1.25. The monoisotopic (exact) mass is 293 g/mol. The van der Waals surface area contributed by atoms with E-state index >= 15 is 0 Å². The van der Waals surface area contributed by atoms with Crippen LogP contribution in [-0.2, 0) is 18.6 Å². The van der Waals surface area contributed by atoms with Crippen LogP contribution in [0.5, 0.6) is 0 Å². The molecule has 2 N–H and O–H groups in total. The van der Waals surface area contributed by atoms with Crippen LogP contribution in [0.4, 0.5) is 0 Å². The summed E-state index contributed by atoms with van der Waals surface area (Å²) in [6.07, 6.45) is 2.79. The van der Waals surface area contributed by atoms with Gasteiger partial charge in [-0.25, -0.2) is 4.57 Å². The number of methoxy groups -OCH3 is 1. The molecular weight excluding hydrogens is 277 g/mol. The molecule has 0 aromatic rings. The lowest BCUT2D eigenvalue weighted by molar-refractivity contribution is -0.251. The number of ether oxygens (including phenoxy) is 2. The van der Waals surface area contributed by atoms with E-state index in [2.05, 4.69) is 10.4 Å². The number of terminal acetylenes is 1. The highest BCUT2D eigenvalue weighted by molar-refractivity contribution is 7.51. The summed E-state index contributed by atoms with van der Waals surface area (Å²) in [5.41, 5.74) is 0. The van der Waals surface area contributed by atoms with Gasteiger partial charge in [0.15, 0.2) is 6.29 Å². The Morgan fingerprint density at radius 1 is 1.58 bits per heavy atom. The van der Waals surface area contributed by atoms with Crippen LogP contribution in [0, 0.1) is 29.1 Å². The SMILES string of the molecule is C#CC1C(COP(=O)(O)N=O)OC(OC)C(C)C1O. The third-order valence-corrected chi connectivity index (χ3v) is 3.67. The number of aliphatic hydroxyl groups excluding tert-OH is 1. The van der Waals surface area contributed by atoms with Crippen LogP contribution < -0.4 is 0 Å². The number of hydrogen-bond donors (Lipinski definition) is 2. The Kier molecular flexibility index (Phi) is 5.62. The van der Waals surface area contributed by atoms with Crippen molar-refractivity contribution in [2.24, 2.45) is 16.8 Å². The van der Waals surface area contributed by atoms with E-state index in [9.17, 15) is 14.6 Å². The van der Waals surface area contributed by atoms with Crippen molar-refractivity contribution in [1.29, 1.82) is 0 Å². The van der Waals surface area contributed by atoms with Crippen LogP contribution in [0.15, 0.2) is 4.95 Å². The summed E-state index contributed by atoms with van der Waals surface area (Å²) in [6, 6.07) is 0. The lowest BCUT2D eigenvalue weighted by Gasteiger charge is -2.40. The first kappa shape index (κ1) is 16.2. The Morgan fingerprint density at radius 3 is 2.68 bits per heavy atom. The maximum Gasteiger partial charge on any atom is 0.487 e. The zero-order valence-corrected chi connectivity index (χ0v) is 11.4. The van der Waals surface area contributed by atoms with Crippen molar-refractivity contribution in [3.05, 3.63) is 4.91 Å². The van der Waals surface area contributed by atoms with Crippen molar-refractivity contribution in [1.82, 2.24) is 0 Å². The van der Waals surface area contributed by atoms with E-state index in [0.29, 0.717) is 0 Å². The van der Waals surface area contributed by atoms with E-state index in [4.69, 9.17) is 20.8 Å². The number of hydrogen-bond acceptors (Lipinski definition) is 6. The lowest BCUT2D eigenvalue weighted by Crippen LogP contribution is -2.51. The Bertz CT molecular complexity index is 409. The average molecular weight is 293 g/mol. The molecule has 0 spiro atoms. The maximum atomic E-state index is 11.0. The van der Waals surface area contributed by atoms with E-state index in [1.165, 1.54) is 7.11 Å². The van der Waals surface area contributed by atoms with Crippen LogP contribution >= 0.6 is 7.75 Å². The standard InChI is InChI=1S/C10H16NO7P/c1-4-7-8(5-17-19(14,15)11-13)18-10(16-3)6(2)9(7)12/h1,6-10,12H,5H2,2-3H3,(H,14,15). The van der Waals surface area contributed by atoms with Crippen molar-refractivity contribution in [3.63, 3.8) is 0 Å². The largest absolute Gasteiger partial charge is 0.487 e. The first-order valence-corrected chi connectivity index (χ1v) is 7.04. The first-order chi connectivity index (χ1) is 8.86. The minimum Gasteiger partial charge on any atom is -0.391 e. The molecule has 1 heterocycles. The summed E-state index contributed by atoms with van der Waals surface area (Å²) in [7, 11) is -3.15. The van der Waals surface area contributed by atoms with Crippen molar-refractivity contribution in [2.75, 3.05) is 13.7 Å². The second kappa shape index (κ2) is 6.57. The van der Waals surface area contributed by atoms with Crippen molar-refractivity contribution in [3.8, 4) is 12.3 Å². The van der Waals surface area contributed by atoms with Gasteiger partial charge in [0.2, 0.25) is 0 Å². The van der Waals surface area contributed by atoms with Crippen molar-refractivity contribution < 1.29 is 28.6 Å². The van der Waals surface area contributed by atoms with Gasteiger partial charge in [0.25, 0.3) is 0 Å². The van der Waals surface area contributed by atoms with Crippen molar-refractivity contribution >= 4 is 7.75 Å². The quantitative estimate of drug-likeness (QED) is 0.430. The molecule has 0 aliphatic carbocycles. The van der Waals surface area contributed by atoms with Gasteiger partial charge in [-0.1, -0.05) is 12.8 Å². The molecule has 0 radical (unpaired) electrons. The molecule has 1 aliphatic heterocycles. The van der Waals surface area contributed by atoms with Gasteiger partial charge >= 0.3 is 7.75 Å². The number of nitroso groups, excluding NO2 is 1. The van der Waals surface area contributed by atoms with Gasteiger partial charge in [-0.3, -0.25) is 4.52 Å². The predicted octanol–water partition coefficient (Wildman–Crippen LogP) is 0.487. The van der Waals surface area contributed by atoms with Gasteiger partial charge in [0, 0.05) is 18.0 Å². The molecule has 6 unspecified atom stereocenters. The molecular formula is C10H16NO7P. The molecule has 0 amide bonds. The number of rotatable bonds is 5. The third-order valence-electron chi connectivity index (χ3n) is 2.98. The highest BCUT2D eigenvalue weighted by Crippen LogP contribution is 2.44. The number of nitrogens with zero attached hydrogens (tertiary/aromatic N) is 1. The first-order valence-electron chi connectivity index (χ1n) is 5.51. The minimum atomic E-state index is -4.54. The van der Waals surface area contributed by atoms with Crippen LogP contribution in [0.3, 0.4) is 0 Å². The highest BCUT2D eigenvalue weighted by Gasteiger charge is 2.43. The Balaban J connectivity index is 2.77. The average Bonchev–Trinajstić information content (AvgIpc) is 2.40. The molecule has 0 aromatic carbocycles. The molecule has 19 heavy (non-hydrogen) atoms. The van der Waals surface area contributed by atoms with Gasteiger partial charge in [-0.05, 0) is 0 Å². The third kappa shape index (κ3) is 3.83. The normalized spacial score (nSPS) is 38.2. The van der Waals surface area contributed by atoms with E-state index in [1.807, 2.05) is 4.95 Å². The molecule has 1 fully saturated rings. The molecule has 8 nitrogen and oxygen atoms in total. The van der Waals surface area contributed by atoms with Gasteiger partial charge in [0.05, 0.1) is 18.6 Å². The Labute approximate surface area is 110 Å². The van der Waals surface area contributed by atoms with Crippen LogP contribution in [0.1, 0.15) is 6.92 Å². The predicted molar refractivity (Wildman–Crippen MR) is 64.7 cm³/mol. The van der Waals surface area contributed by atoms with Gasteiger partial charge < -0.3 is 19.5 Å². The molecule has 1 saturated heterocycles. The Morgan fingerprint density at radius 2 is 2.21 bits per heavy atom. The fraction of sp³-hybridized carbons (Fsp3) is 0.800. The fourth-order valence-corrected chi connectivity index (χ4v) is 2.29. The topological polar surface area (TPSA) is 115 Å². The highest BCUT2D eigenvalue weighted by atomic mass is 31.2. The lowest BCUT2D eigenvalue weighted by atomic mass is 9.85. The van der Waals surface area contributed by atoms with Crippen LogP contribution in [-0.4, -0.2) is 42.2 Å². The molecule has 6 atom stereocenters. The van der Waals surface area contributed by atoms with Crippen molar-refractivity contribution in [2.45, 2.75) is 25.4 Å². The van der Waals surface area contributed by atoms with Crippen LogP contribution in [0.2, 0.25) is 0 Å². The van der Waals surface area contributed by atoms with E-state index in [1.54, 1.807) is 6.92 Å². The maximum absolute atomic E-state index is 11.0. The van der Waals surface area contributed by atoms with Gasteiger partial charge in [0.1, 0.15) is 6.10 Å². The molecule has 0 bridgehead atoms. The van der Waals surface area contributed by atoms with E-state index in [-0.39, 0.29) is 5.92 Å². The fourth-order valence-electron chi connectivity index (χ4n) is 1.90. The Hall–Kier alpha value is -0.810. The van der Waals surface area contributed by atoms with E-state index in [0.717, 1.165) is 0 Å². The van der Waals surface area contributed by atoms with E-state index < -0.39 is 38.8 Å². The smallest absolute Gasteiger partial charge is 0.391 e. The summed E-state index contributed by atoms with van der Waals surface area (Å²) in [4.78, 5) is 20.9. The van der Waals surface area contributed by atoms with Gasteiger partial charge in [-0.2, -0.15) is 0 Å². The summed E-state index contributed by atoms with van der Waals surface area (Å²) in [5, 5.41) is 10.0. The van der Waals surface area contributed by atoms with Gasteiger partial charge in [-0.15, -0.1) is 11.3 Å². The summed E-state index contributed by atoms with van der Waals surface area (Å²) >= 11 is 0. The second-order valence-electron chi connectivity index (χ2n) is 4.19. The minimum absolute atomic E-state index is 0.368. The summed E-state index contributed by atoms with van der Waals surface area (Å²) < 4.78 is 25.9. The summed E-state index contributed by atoms with van der Waals surface area (Å²) in [5.74, 6) is 1.23. The zero-order valence-electron chi connectivity index (χ0n) is 10.5. The molecule has 0 saturated carbocycles. The number of aliphatic hydroxyl groups is 1. The molecule has 108 valence electrons. The second-order valence-corrected chi connectivity index (χ2v) is 5.59.